The number of benzene rings is 2. The quantitative estimate of drug-likeness (QED) is 0.175. The molecule has 3 aromatic rings. The summed E-state index contributed by atoms with van der Waals surface area (Å²) in [5, 5.41) is 5.51. The van der Waals surface area contributed by atoms with Gasteiger partial charge in [-0.25, -0.2) is 9.97 Å². The number of carbonyl (C=O) groups excluding carboxylic acids is 4. The first-order valence-corrected chi connectivity index (χ1v) is 14.6. The van der Waals surface area contributed by atoms with Gasteiger partial charge in [0.25, 0.3) is 11.8 Å². The van der Waals surface area contributed by atoms with Gasteiger partial charge in [0.2, 0.25) is 11.8 Å². The first-order chi connectivity index (χ1) is 20.8. The Morgan fingerprint density at radius 2 is 1.79 bits per heavy atom. The van der Waals surface area contributed by atoms with Crippen LogP contribution in [0.15, 0.2) is 53.7 Å². The Morgan fingerprint density at radius 1 is 1.05 bits per heavy atom. The zero-order valence-electron chi connectivity index (χ0n) is 24.3. The average Bonchev–Trinajstić information content (AvgIpc) is 3.24. The maximum Gasteiger partial charge on any atom is 0.262 e. The van der Waals surface area contributed by atoms with Gasteiger partial charge in [-0.1, -0.05) is 26.0 Å². The Morgan fingerprint density at radius 3 is 2.51 bits per heavy atom. The molecular formula is C32H35N7O4. The van der Waals surface area contributed by atoms with Crippen LogP contribution in [0.1, 0.15) is 84.0 Å². The zero-order chi connectivity index (χ0) is 30.5. The van der Waals surface area contributed by atoms with Gasteiger partial charge in [-0.2, -0.15) is 0 Å². The molecule has 4 amide bonds. The van der Waals surface area contributed by atoms with Crippen molar-refractivity contribution in [3.8, 4) is 0 Å². The fourth-order valence-corrected chi connectivity index (χ4v) is 5.29. The van der Waals surface area contributed by atoms with E-state index in [9.17, 15) is 19.2 Å². The fraction of sp³-hybridized carbons (Fsp3) is 0.344. The largest absolute Gasteiger partial charge is 0.404 e. The highest BCUT2D eigenvalue weighted by Gasteiger charge is 2.44. The molecule has 2 aromatic carbocycles. The summed E-state index contributed by atoms with van der Waals surface area (Å²) in [6, 6.07) is 11.8. The fourth-order valence-electron chi connectivity index (χ4n) is 5.29. The van der Waals surface area contributed by atoms with Gasteiger partial charge in [0.05, 0.1) is 33.5 Å². The molecule has 0 spiro atoms. The molecule has 11 nitrogen and oxygen atoms in total. The van der Waals surface area contributed by atoms with Crippen molar-refractivity contribution in [1.82, 2.24) is 20.2 Å². The molecule has 0 bridgehead atoms. The molecule has 0 radical (unpaired) electrons. The highest BCUT2D eigenvalue weighted by atomic mass is 16.2. The number of para-hydroxylation sites is 2. The lowest BCUT2D eigenvalue weighted by atomic mass is 10.0. The minimum atomic E-state index is -0.974. The van der Waals surface area contributed by atoms with Crippen molar-refractivity contribution in [2.45, 2.75) is 57.9 Å². The third-order valence-electron chi connectivity index (χ3n) is 7.56. The number of piperidine rings is 1. The van der Waals surface area contributed by atoms with Crippen LogP contribution in [0.2, 0.25) is 0 Å². The third kappa shape index (κ3) is 6.30. The molecule has 2 aliphatic rings. The van der Waals surface area contributed by atoms with Crippen molar-refractivity contribution >= 4 is 52.1 Å². The zero-order valence-corrected chi connectivity index (χ0v) is 24.3. The molecule has 1 saturated heterocycles. The van der Waals surface area contributed by atoms with E-state index in [4.69, 9.17) is 15.7 Å². The second kappa shape index (κ2) is 12.9. The minimum Gasteiger partial charge on any atom is -0.404 e. The molecule has 0 saturated carbocycles. The van der Waals surface area contributed by atoms with E-state index in [0.717, 1.165) is 57.8 Å². The molecule has 3 heterocycles. The number of imide groups is 2. The monoisotopic (exact) mass is 581 g/mol. The predicted molar refractivity (Wildman–Crippen MR) is 165 cm³/mol. The van der Waals surface area contributed by atoms with Crippen molar-refractivity contribution in [2.24, 2.45) is 10.7 Å². The van der Waals surface area contributed by atoms with Crippen molar-refractivity contribution in [2.75, 3.05) is 18.4 Å². The summed E-state index contributed by atoms with van der Waals surface area (Å²) in [6.45, 7) is 5.48. The van der Waals surface area contributed by atoms with E-state index in [1.807, 2.05) is 24.3 Å². The number of rotatable bonds is 11. The van der Waals surface area contributed by atoms with Crippen LogP contribution in [0.25, 0.3) is 16.6 Å². The Kier molecular flexibility index (Phi) is 8.89. The van der Waals surface area contributed by atoms with Crippen LogP contribution in [0.4, 0.5) is 5.69 Å². The number of aliphatic imine (C=N–C) groups is 1. The molecule has 1 atom stereocenters. The summed E-state index contributed by atoms with van der Waals surface area (Å²) >= 11 is 0. The Labute approximate surface area is 249 Å². The van der Waals surface area contributed by atoms with Crippen LogP contribution >= 0.6 is 0 Å². The number of allylic oxidation sites excluding steroid dienone is 1. The van der Waals surface area contributed by atoms with Crippen LogP contribution in [-0.2, 0) is 9.59 Å². The number of anilines is 1. The second-order valence-electron chi connectivity index (χ2n) is 11.0. The molecule has 222 valence electrons. The smallest absolute Gasteiger partial charge is 0.262 e. The molecular weight excluding hydrogens is 546 g/mol. The highest BCUT2D eigenvalue weighted by molar-refractivity contribution is 6.23. The van der Waals surface area contributed by atoms with Gasteiger partial charge in [-0.15, -0.1) is 0 Å². The number of nitrogens with two attached hydrogens (primary N) is 1. The number of unbranched alkanes of at least 4 members (excludes halogenated alkanes) is 2. The molecule has 43 heavy (non-hydrogen) atoms. The van der Waals surface area contributed by atoms with Gasteiger partial charge in [-0.05, 0) is 61.9 Å². The van der Waals surface area contributed by atoms with Crippen LogP contribution in [0, 0.1) is 0 Å². The lowest BCUT2D eigenvalue weighted by Gasteiger charge is -2.27. The van der Waals surface area contributed by atoms with Gasteiger partial charge in [0.1, 0.15) is 6.04 Å². The summed E-state index contributed by atoms with van der Waals surface area (Å²) in [6.07, 6.45) is 6.21. The molecule has 5 rings (SSSR count). The molecule has 1 unspecified atom stereocenters. The highest BCUT2D eigenvalue weighted by Crippen LogP contribution is 2.30. The maximum atomic E-state index is 13.0. The van der Waals surface area contributed by atoms with Gasteiger partial charge in [0, 0.05) is 43.2 Å². The normalized spacial score (nSPS) is 17.3. The molecule has 1 fully saturated rings. The lowest BCUT2D eigenvalue weighted by Crippen LogP contribution is -2.54. The van der Waals surface area contributed by atoms with E-state index in [1.165, 1.54) is 6.20 Å². The van der Waals surface area contributed by atoms with Crippen LogP contribution in [-0.4, -0.2) is 63.8 Å². The van der Waals surface area contributed by atoms with Crippen molar-refractivity contribution in [3.05, 3.63) is 71.2 Å². The number of hydrogen-bond acceptors (Lipinski definition) is 9. The number of fused-ring (bicyclic) bond motifs is 2. The van der Waals surface area contributed by atoms with Gasteiger partial charge >= 0.3 is 0 Å². The van der Waals surface area contributed by atoms with E-state index < -0.39 is 29.7 Å². The molecule has 11 heteroatoms. The molecule has 2 aliphatic heterocycles. The lowest BCUT2D eigenvalue weighted by molar-refractivity contribution is -0.136. The summed E-state index contributed by atoms with van der Waals surface area (Å²) in [4.78, 5) is 64.8. The van der Waals surface area contributed by atoms with E-state index in [1.54, 1.807) is 24.4 Å². The van der Waals surface area contributed by atoms with E-state index in [2.05, 4.69) is 29.5 Å². The van der Waals surface area contributed by atoms with Crippen LogP contribution in [0.3, 0.4) is 0 Å². The summed E-state index contributed by atoms with van der Waals surface area (Å²) < 4.78 is 0. The van der Waals surface area contributed by atoms with Crippen LogP contribution in [0.5, 0.6) is 0 Å². The van der Waals surface area contributed by atoms with Gasteiger partial charge in [-0.3, -0.25) is 34.4 Å². The number of aromatic nitrogens is 2. The topological polar surface area (TPSA) is 160 Å². The number of hydrogen-bond donors (Lipinski definition) is 3. The average molecular weight is 582 g/mol. The van der Waals surface area contributed by atoms with Gasteiger partial charge in [0.15, 0.2) is 0 Å². The second-order valence-corrected chi connectivity index (χ2v) is 11.0. The van der Waals surface area contributed by atoms with Crippen molar-refractivity contribution in [1.29, 1.82) is 0 Å². The van der Waals surface area contributed by atoms with Crippen LogP contribution < -0.4 is 16.4 Å². The third-order valence-corrected chi connectivity index (χ3v) is 7.56. The predicted octanol–water partition coefficient (Wildman–Crippen LogP) is 3.81. The maximum absolute atomic E-state index is 13.0. The number of nitrogens with zero attached hydrogens (tertiary/aromatic N) is 4. The Hall–Kier alpha value is -4.93. The molecule has 1 aromatic heterocycles. The van der Waals surface area contributed by atoms with E-state index in [0.29, 0.717) is 13.1 Å². The minimum absolute atomic E-state index is 0.0883. The standard InChI is InChI=1S/C32H35N7O4/c1-19(2)28-29(37-25-9-5-4-8-24(25)36-28)20(17-33)18-34-14-6-3-7-15-35-21-10-11-22-23(16-21)32(43)39(31(22)42)26-12-13-27(40)38-30(26)41/h4-5,8-11,16-19,26,35H,3,6-7,12-15,33H2,1-2H3,(H,38,40,41). The summed E-state index contributed by atoms with van der Waals surface area (Å²) in [5.74, 6) is -1.87. The SMILES string of the molecule is CC(C)c1nc2ccccc2nc1C(C=NCCCCCNc1ccc2c(c1)C(=O)N(C1CCC(=O)NC1=O)C2=O)=CN. The Bertz CT molecular complexity index is 1650. The van der Waals surface area contributed by atoms with E-state index >= 15 is 0 Å². The summed E-state index contributed by atoms with van der Waals surface area (Å²) in [7, 11) is 0. The first kappa shape index (κ1) is 29.6. The van der Waals surface area contributed by atoms with Crippen molar-refractivity contribution < 1.29 is 19.2 Å². The van der Waals surface area contributed by atoms with Crippen molar-refractivity contribution in [3.63, 3.8) is 0 Å². The number of carbonyl (C=O) groups is 4. The first-order valence-electron chi connectivity index (χ1n) is 14.6. The number of amides is 4. The molecule has 0 aliphatic carbocycles. The summed E-state index contributed by atoms with van der Waals surface area (Å²) in [5.41, 5.74) is 11.2. The molecule has 4 N–H and O–H groups in total. The van der Waals surface area contributed by atoms with E-state index in [-0.39, 0.29) is 29.9 Å². The Balaban J connectivity index is 1.10. The van der Waals surface area contributed by atoms with Gasteiger partial charge < -0.3 is 11.1 Å². The number of nitrogens with one attached hydrogen (secondary N) is 2.